The van der Waals surface area contributed by atoms with Crippen LogP contribution in [0.15, 0.2) is 24.3 Å². The molecule has 0 spiro atoms. The van der Waals surface area contributed by atoms with Crippen molar-refractivity contribution in [3.8, 4) is 0 Å². The molecule has 0 aliphatic carbocycles. The molecular weight excluding hydrogens is 214 g/mol. The molecule has 0 fully saturated rings. The van der Waals surface area contributed by atoms with Crippen LogP contribution in [0, 0.1) is 12.8 Å². The van der Waals surface area contributed by atoms with Crippen molar-refractivity contribution >= 4 is 18.3 Å². The molecule has 0 aliphatic heterocycles. The van der Waals surface area contributed by atoms with E-state index in [1.54, 1.807) is 0 Å². The van der Waals surface area contributed by atoms with Gasteiger partial charge in [0.25, 0.3) is 0 Å². The number of hydrogen-bond donors (Lipinski definition) is 1. The molecule has 1 atom stereocenters. The van der Waals surface area contributed by atoms with Crippen molar-refractivity contribution in [2.45, 2.75) is 26.7 Å². The van der Waals surface area contributed by atoms with Gasteiger partial charge in [0.2, 0.25) is 0 Å². The second-order valence-corrected chi connectivity index (χ2v) is 4.92. The molecule has 0 heterocycles. The minimum Gasteiger partial charge on any atom is -0.374 e. The minimum absolute atomic E-state index is 0.693. The van der Waals surface area contributed by atoms with Gasteiger partial charge in [0, 0.05) is 19.3 Å². The Kier molecular flexibility index (Phi) is 5.75. The molecule has 0 N–H and O–H groups in total. The molecule has 1 unspecified atom stereocenters. The number of nitrogens with zero attached hydrogens (tertiary/aromatic N) is 1. The first-order valence-corrected chi connectivity index (χ1v) is 6.69. The molecule has 1 rings (SSSR count). The molecule has 0 saturated carbocycles. The summed E-state index contributed by atoms with van der Waals surface area (Å²) in [6.07, 6.45) is 2.51. The average molecular weight is 237 g/mol. The van der Waals surface area contributed by atoms with Gasteiger partial charge in [-0.05, 0) is 42.7 Å². The monoisotopic (exact) mass is 237 g/mol. The van der Waals surface area contributed by atoms with Crippen molar-refractivity contribution in [2.75, 3.05) is 24.2 Å². The van der Waals surface area contributed by atoms with E-state index in [0.717, 1.165) is 12.3 Å². The zero-order valence-corrected chi connectivity index (χ0v) is 11.5. The number of anilines is 1. The van der Waals surface area contributed by atoms with Crippen LogP contribution in [0.2, 0.25) is 0 Å². The maximum Gasteiger partial charge on any atom is 0.0366 e. The molecule has 90 valence electrons. The van der Waals surface area contributed by atoms with Gasteiger partial charge in [-0.1, -0.05) is 25.5 Å². The Balaban J connectivity index is 2.60. The van der Waals surface area contributed by atoms with Crippen LogP contribution < -0.4 is 4.90 Å². The van der Waals surface area contributed by atoms with Gasteiger partial charge < -0.3 is 4.90 Å². The summed E-state index contributed by atoms with van der Waals surface area (Å²) in [5.74, 6) is 1.67. The highest BCUT2D eigenvalue weighted by Crippen LogP contribution is 2.18. The zero-order valence-electron chi connectivity index (χ0n) is 10.6. The van der Waals surface area contributed by atoms with E-state index in [-0.39, 0.29) is 0 Å². The quantitative estimate of drug-likeness (QED) is 0.737. The van der Waals surface area contributed by atoms with Crippen LogP contribution in [0.1, 0.15) is 25.3 Å². The van der Waals surface area contributed by atoms with Gasteiger partial charge in [-0.2, -0.15) is 12.6 Å². The molecule has 0 aliphatic rings. The molecule has 0 saturated heterocycles. The number of hydrogen-bond acceptors (Lipinski definition) is 2. The van der Waals surface area contributed by atoms with Gasteiger partial charge in [-0.3, -0.25) is 0 Å². The number of aryl methyl sites for hydroxylation is 1. The summed E-state index contributed by atoms with van der Waals surface area (Å²) >= 11 is 4.43. The van der Waals surface area contributed by atoms with Gasteiger partial charge in [-0.25, -0.2) is 0 Å². The highest BCUT2D eigenvalue weighted by Gasteiger charge is 2.09. The average Bonchev–Trinajstić information content (AvgIpc) is 2.28. The summed E-state index contributed by atoms with van der Waals surface area (Å²) < 4.78 is 0. The topological polar surface area (TPSA) is 3.24 Å². The first-order chi connectivity index (χ1) is 7.67. The number of rotatable bonds is 6. The summed E-state index contributed by atoms with van der Waals surface area (Å²) in [7, 11) is 2.17. The zero-order chi connectivity index (χ0) is 12.0. The lowest BCUT2D eigenvalue weighted by molar-refractivity contribution is 0.533. The summed E-state index contributed by atoms with van der Waals surface area (Å²) in [6, 6.07) is 8.67. The lowest BCUT2D eigenvalue weighted by atomic mass is 10.1. The van der Waals surface area contributed by atoms with Gasteiger partial charge in [0.1, 0.15) is 0 Å². The van der Waals surface area contributed by atoms with Crippen LogP contribution in [-0.4, -0.2) is 19.3 Å². The van der Waals surface area contributed by atoms with Crippen LogP contribution in [0.5, 0.6) is 0 Å². The van der Waals surface area contributed by atoms with Crippen LogP contribution >= 0.6 is 12.6 Å². The fraction of sp³-hybridized carbons (Fsp3) is 0.571. The fourth-order valence-electron chi connectivity index (χ4n) is 2.01. The lowest BCUT2D eigenvalue weighted by Gasteiger charge is -2.25. The van der Waals surface area contributed by atoms with Crippen molar-refractivity contribution < 1.29 is 0 Å². The number of thiol groups is 1. The maximum atomic E-state index is 4.43. The summed E-state index contributed by atoms with van der Waals surface area (Å²) in [5, 5.41) is 0. The maximum absolute atomic E-state index is 4.43. The van der Waals surface area contributed by atoms with Crippen molar-refractivity contribution in [1.82, 2.24) is 0 Å². The van der Waals surface area contributed by atoms with E-state index in [9.17, 15) is 0 Å². The fourth-order valence-corrected chi connectivity index (χ4v) is 2.30. The van der Waals surface area contributed by atoms with Crippen molar-refractivity contribution in [3.63, 3.8) is 0 Å². The Bertz CT molecular complexity index is 311. The summed E-state index contributed by atoms with van der Waals surface area (Å²) in [6.45, 7) is 5.48. The molecule has 0 radical (unpaired) electrons. The molecule has 1 aromatic carbocycles. The highest BCUT2D eigenvalue weighted by molar-refractivity contribution is 7.80. The van der Waals surface area contributed by atoms with Gasteiger partial charge >= 0.3 is 0 Å². The van der Waals surface area contributed by atoms with Crippen molar-refractivity contribution in [1.29, 1.82) is 0 Å². The van der Waals surface area contributed by atoms with Gasteiger partial charge in [0.15, 0.2) is 0 Å². The van der Waals surface area contributed by atoms with Crippen molar-refractivity contribution in [3.05, 3.63) is 29.8 Å². The molecule has 0 aromatic heterocycles. The highest BCUT2D eigenvalue weighted by atomic mass is 32.1. The molecular formula is C14H23NS. The third-order valence-corrected chi connectivity index (χ3v) is 3.45. The van der Waals surface area contributed by atoms with E-state index in [1.807, 2.05) is 0 Å². The Morgan fingerprint density at radius 1 is 1.38 bits per heavy atom. The first kappa shape index (κ1) is 13.4. The molecule has 2 heteroatoms. The third kappa shape index (κ3) is 4.09. The minimum atomic E-state index is 0.693. The smallest absolute Gasteiger partial charge is 0.0366 e. The first-order valence-electron chi connectivity index (χ1n) is 6.06. The van der Waals surface area contributed by atoms with Crippen LogP contribution in [-0.2, 0) is 0 Å². The molecule has 1 aromatic rings. The van der Waals surface area contributed by atoms with E-state index in [1.165, 1.54) is 24.1 Å². The van der Waals surface area contributed by atoms with E-state index < -0.39 is 0 Å². The van der Waals surface area contributed by atoms with E-state index >= 15 is 0 Å². The largest absolute Gasteiger partial charge is 0.374 e. The normalized spacial score (nSPS) is 12.5. The Hall–Kier alpha value is -0.630. The third-order valence-electron chi connectivity index (χ3n) is 2.93. The van der Waals surface area contributed by atoms with Gasteiger partial charge in [0.05, 0.1) is 0 Å². The predicted octanol–water partition coefficient (Wildman–Crippen LogP) is 3.78. The van der Waals surface area contributed by atoms with E-state index in [4.69, 9.17) is 0 Å². The Morgan fingerprint density at radius 3 is 2.69 bits per heavy atom. The van der Waals surface area contributed by atoms with E-state index in [0.29, 0.717) is 5.92 Å². The van der Waals surface area contributed by atoms with Gasteiger partial charge in [-0.15, -0.1) is 0 Å². The Morgan fingerprint density at radius 2 is 2.12 bits per heavy atom. The lowest BCUT2D eigenvalue weighted by Crippen LogP contribution is -2.26. The second-order valence-electron chi connectivity index (χ2n) is 4.56. The predicted molar refractivity (Wildman–Crippen MR) is 76.7 cm³/mol. The standard InChI is InChI=1S/C14H23NS/c1-4-6-13(11-16)10-15(3)14-8-5-7-12(2)9-14/h5,7-9,13,16H,4,6,10-11H2,1-3H3. The Labute approximate surface area is 105 Å². The SMILES string of the molecule is CCCC(CS)CN(C)c1cccc(C)c1. The molecule has 0 bridgehead atoms. The summed E-state index contributed by atoms with van der Waals surface area (Å²) in [5.41, 5.74) is 2.63. The van der Waals surface area contributed by atoms with Crippen molar-refractivity contribution in [2.24, 2.45) is 5.92 Å². The van der Waals surface area contributed by atoms with Crippen LogP contribution in [0.25, 0.3) is 0 Å². The molecule has 1 nitrogen and oxygen atoms in total. The molecule has 16 heavy (non-hydrogen) atoms. The second kappa shape index (κ2) is 6.85. The van der Waals surface area contributed by atoms with Crippen LogP contribution in [0.3, 0.4) is 0 Å². The molecule has 0 amide bonds. The van der Waals surface area contributed by atoms with Crippen LogP contribution in [0.4, 0.5) is 5.69 Å². The summed E-state index contributed by atoms with van der Waals surface area (Å²) in [4.78, 5) is 2.34. The number of benzene rings is 1. The van der Waals surface area contributed by atoms with E-state index in [2.05, 4.69) is 62.7 Å².